The molecular formula is C25H23N5O4. The Bertz CT molecular complexity index is 1460. The first-order valence-corrected chi connectivity index (χ1v) is 11.2. The SMILES string of the molecule is Cc1cc2c3c(cn(CC(=O)Nc4ccc5c(c4)CC4(C5)C(=O)NC(=O)N4C)c3c1)CC(=O)N2. The van der Waals surface area contributed by atoms with E-state index in [0.717, 1.165) is 38.8 Å². The van der Waals surface area contributed by atoms with Crippen molar-refractivity contribution in [1.82, 2.24) is 14.8 Å². The third kappa shape index (κ3) is 2.93. The summed E-state index contributed by atoms with van der Waals surface area (Å²) in [5, 5.41) is 9.25. The standard InChI is InChI=1S/C25H23N5O4/c1-13-5-18-22-16(8-20(31)27-18)11-30(19(22)6-13)12-21(32)26-17-4-3-14-9-25(10-15(14)7-17)23(33)28-24(34)29(25)2/h3-7,11H,8-10,12H2,1-2H3,(H,26,32)(H,27,31)(H,28,33,34). The number of fused-ring (bicyclic) bond motifs is 1. The van der Waals surface area contributed by atoms with E-state index in [1.165, 1.54) is 4.90 Å². The molecule has 1 spiro atoms. The number of hydrogen-bond donors (Lipinski definition) is 3. The van der Waals surface area contributed by atoms with Crippen molar-refractivity contribution in [3.05, 3.63) is 58.8 Å². The molecule has 9 heteroatoms. The second kappa shape index (κ2) is 6.93. The van der Waals surface area contributed by atoms with Crippen LogP contribution >= 0.6 is 0 Å². The summed E-state index contributed by atoms with van der Waals surface area (Å²) in [5.74, 6) is -0.526. The number of anilines is 2. The zero-order chi connectivity index (χ0) is 23.8. The molecule has 5 amide bonds. The van der Waals surface area contributed by atoms with Gasteiger partial charge in [-0.05, 0) is 53.4 Å². The number of nitrogens with zero attached hydrogens (tertiary/aromatic N) is 2. The van der Waals surface area contributed by atoms with Crippen molar-refractivity contribution in [3.63, 3.8) is 0 Å². The monoisotopic (exact) mass is 457 g/mol. The highest BCUT2D eigenvalue weighted by Gasteiger charge is 2.54. The van der Waals surface area contributed by atoms with E-state index >= 15 is 0 Å². The first kappa shape index (κ1) is 20.5. The van der Waals surface area contributed by atoms with E-state index in [0.29, 0.717) is 18.5 Å². The molecule has 2 aromatic carbocycles. The van der Waals surface area contributed by atoms with Crippen LogP contribution in [0.25, 0.3) is 10.9 Å². The number of imide groups is 1. The molecule has 0 radical (unpaired) electrons. The average Bonchev–Trinajstić information content (AvgIpc) is 3.37. The molecule has 3 aliphatic rings. The summed E-state index contributed by atoms with van der Waals surface area (Å²) < 4.78 is 1.88. The van der Waals surface area contributed by atoms with Crippen LogP contribution < -0.4 is 16.0 Å². The van der Waals surface area contributed by atoms with Gasteiger partial charge in [-0.3, -0.25) is 19.7 Å². The van der Waals surface area contributed by atoms with Gasteiger partial charge in [-0.15, -0.1) is 0 Å². The lowest BCUT2D eigenvalue weighted by Gasteiger charge is -2.27. The highest BCUT2D eigenvalue weighted by atomic mass is 16.2. The fourth-order valence-corrected chi connectivity index (χ4v) is 5.51. The Morgan fingerprint density at radius 2 is 1.85 bits per heavy atom. The van der Waals surface area contributed by atoms with Gasteiger partial charge in [0.25, 0.3) is 5.91 Å². The molecule has 6 rings (SSSR count). The van der Waals surface area contributed by atoms with Crippen molar-refractivity contribution in [2.75, 3.05) is 17.7 Å². The summed E-state index contributed by atoms with van der Waals surface area (Å²) in [6, 6.07) is 9.19. The molecule has 1 atom stereocenters. The third-order valence-corrected chi connectivity index (χ3v) is 7.19. The molecule has 3 N–H and O–H groups in total. The maximum Gasteiger partial charge on any atom is 0.324 e. The molecule has 9 nitrogen and oxygen atoms in total. The number of aromatic nitrogens is 1. The number of likely N-dealkylation sites (N-methyl/N-ethyl adjacent to an activating group) is 1. The van der Waals surface area contributed by atoms with Crippen LogP contribution in [0, 0.1) is 6.92 Å². The molecule has 1 aromatic heterocycles. The highest BCUT2D eigenvalue weighted by Crippen LogP contribution is 2.38. The fourth-order valence-electron chi connectivity index (χ4n) is 5.51. The molecule has 34 heavy (non-hydrogen) atoms. The third-order valence-electron chi connectivity index (χ3n) is 7.19. The van der Waals surface area contributed by atoms with Crippen LogP contribution in [-0.2, 0) is 40.2 Å². The van der Waals surface area contributed by atoms with E-state index in [1.807, 2.05) is 48.0 Å². The first-order valence-electron chi connectivity index (χ1n) is 11.2. The molecule has 0 saturated carbocycles. The van der Waals surface area contributed by atoms with E-state index < -0.39 is 5.54 Å². The highest BCUT2D eigenvalue weighted by molar-refractivity contribution is 6.10. The minimum absolute atomic E-state index is 0.0548. The predicted molar refractivity (Wildman–Crippen MR) is 126 cm³/mol. The van der Waals surface area contributed by atoms with Crippen LogP contribution in [0.4, 0.5) is 16.2 Å². The normalized spacial score (nSPS) is 20.6. The summed E-state index contributed by atoms with van der Waals surface area (Å²) in [5.41, 5.74) is 5.30. The van der Waals surface area contributed by atoms with Crippen LogP contribution in [0.5, 0.6) is 0 Å². The van der Waals surface area contributed by atoms with Gasteiger partial charge in [0.1, 0.15) is 12.1 Å². The van der Waals surface area contributed by atoms with E-state index in [4.69, 9.17) is 0 Å². The lowest BCUT2D eigenvalue weighted by atomic mass is 9.95. The average molecular weight is 457 g/mol. The number of carbonyl (C=O) groups is 4. The van der Waals surface area contributed by atoms with E-state index in [9.17, 15) is 19.2 Å². The number of benzene rings is 2. The lowest BCUT2D eigenvalue weighted by Crippen LogP contribution is -2.48. The zero-order valence-corrected chi connectivity index (χ0v) is 18.8. The van der Waals surface area contributed by atoms with Crippen molar-refractivity contribution >= 4 is 46.0 Å². The van der Waals surface area contributed by atoms with Gasteiger partial charge in [-0.25, -0.2) is 4.79 Å². The second-order valence-electron chi connectivity index (χ2n) is 9.45. The van der Waals surface area contributed by atoms with Gasteiger partial charge in [0, 0.05) is 37.2 Å². The topological polar surface area (TPSA) is 113 Å². The molecule has 1 unspecified atom stereocenters. The van der Waals surface area contributed by atoms with Gasteiger partial charge in [0.15, 0.2) is 0 Å². The number of urea groups is 1. The number of hydrogen-bond acceptors (Lipinski definition) is 4. The van der Waals surface area contributed by atoms with Gasteiger partial charge in [0.05, 0.1) is 17.6 Å². The Balaban J connectivity index is 1.23. The molecule has 172 valence electrons. The van der Waals surface area contributed by atoms with Crippen LogP contribution in [0.15, 0.2) is 36.5 Å². The smallest absolute Gasteiger partial charge is 0.324 e. The van der Waals surface area contributed by atoms with Crippen molar-refractivity contribution < 1.29 is 19.2 Å². The number of nitrogens with one attached hydrogen (secondary N) is 3. The van der Waals surface area contributed by atoms with Crippen LogP contribution in [0.2, 0.25) is 0 Å². The molecule has 0 bridgehead atoms. The molecule has 2 aliphatic heterocycles. The first-order chi connectivity index (χ1) is 16.2. The molecule has 1 aliphatic carbocycles. The largest absolute Gasteiger partial charge is 0.338 e. The zero-order valence-electron chi connectivity index (χ0n) is 18.8. The molecule has 3 heterocycles. The van der Waals surface area contributed by atoms with E-state index in [2.05, 4.69) is 16.0 Å². The van der Waals surface area contributed by atoms with Crippen LogP contribution in [0.3, 0.4) is 0 Å². The van der Waals surface area contributed by atoms with Crippen molar-refractivity contribution in [2.24, 2.45) is 0 Å². The summed E-state index contributed by atoms with van der Waals surface area (Å²) in [4.78, 5) is 50.9. The summed E-state index contributed by atoms with van der Waals surface area (Å²) in [6.07, 6.45) is 3.04. The van der Waals surface area contributed by atoms with E-state index in [1.54, 1.807) is 7.05 Å². The van der Waals surface area contributed by atoms with Crippen molar-refractivity contribution in [2.45, 2.75) is 38.3 Å². The maximum absolute atomic E-state index is 12.9. The number of amides is 5. The van der Waals surface area contributed by atoms with E-state index in [-0.39, 0.29) is 36.7 Å². The Morgan fingerprint density at radius 1 is 1.06 bits per heavy atom. The predicted octanol–water partition coefficient (Wildman–Crippen LogP) is 2.10. The molecule has 1 saturated heterocycles. The van der Waals surface area contributed by atoms with Crippen LogP contribution in [-0.4, -0.2) is 45.8 Å². The summed E-state index contributed by atoms with van der Waals surface area (Å²) >= 11 is 0. The maximum atomic E-state index is 12.9. The van der Waals surface area contributed by atoms with Crippen molar-refractivity contribution in [3.8, 4) is 0 Å². The summed E-state index contributed by atoms with van der Waals surface area (Å²) in [6.45, 7) is 2.06. The summed E-state index contributed by atoms with van der Waals surface area (Å²) in [7, 11) is 1.64. The van der Waals surface area contributed by atoms with Gasteiger partial charge in [-0.2, -0.15) is 0 Å². The minimum Gasteiger partial charge on any atom is -0.338 e. The molecule has 3 aromatic rings. The minimum atomic E-state index is -0.893. The Hall–Kier alpha value is -4.14. The Kier molecular flexibility index (Phi) is 4.17. The van der Waals surface area contributed by atoms with Crippen molar-refractivity contribution in [1.29, 1.82) is 0 Å². The molecular weight excluding hydrogens is 434 g/mol. The van der Waals surface area contributed by atoms with Gasteiger partial charge in [0.2, 0.25) is 11.8 Å². The second-order valence-corrected chi connectivity index (χ2v) is 9.45. The van der Waals surface area contributed by atoms with Gasteiger partial charge >= 0.3 is 6.03 Å². The number of aryl methyl sites for hydroxylation is 1. The number of carbonyl (C=O) groups excluding carboxylic acids is 4. The van der Waals surface area contributed by atoms with Gasteiger partial charge < -0.3 is 20.1 Å². The molecule has 1 fully saturated rings. The Morgan fingerprint density at radius 3 is 2.62 bits per heavy atom. The lowest BCUT2D eigenvalue weighted by molar-refractivity contribution is -0.126. The quantitative estimate of drug-likeness (QED) is 0.523. The Labute approximate surface area is 195 Å². The van der Waals surface area contributed by atoms with Gasteiger partial charge in [-0.1, -0.05) is 6.07 Å². The van der Waals surface area contributed by atoms with Crippen LogP contribution in [0.1, 0.15) is 22.3 Å². The fraction of sp³-hybridized carbons (Fsp3) is 0.280. The number of rotatable bonds is 3.